The number of carbonyl (C=O) groups excluding carboxylic acids is 2. The standard InChI is InChI=1S/C14H20N2O3S/c1-9(13(17)16-10-5-3-2-4-6-10)19-14(18)12-11(15)7-8-20-12/h7-10H,2-6,15H2,1H3,(H,16,17). The number of ether oxygens (including phenoxy) is 1. The second kappa shape index (κ2) is 6.74. The molecule has 2 rings (SSSR count). The van der Waals surface area contributed by atoms with E-state index in [9.17, 15) is 9.59 Å². The minimum atomic E-state index is -0.800. The molecule has 0 aromatic carbocycles. The van der Waals surface area contributed by atoms with Crippen LogP contribution in [0.1, 0.15) is 48.7 Å². The van der Waals surface area contributed by atoms with Crippen LogP contribution in [0.4, 0.5) is 5.69 Å². The van der Waals surface area contributed by atoms with Gasteiger partial charge < -0.3 is 15.8 Å². The van der Waals surface area contributed by atoms with Crippen molar-refractivity contribution in [3.63, 3.8) is 0 Å². The first-order valence-electron chi connectivity index (χ1n) is 6.92. The fourth-order valence-corrected chi connectivity index (χ4v) is 3.02. The van der Waals surface area contributed by atoms with Crippen molar-refractivity contribution >= 4 is 28.9 Å². The van der Waals surface area contributed by atoms with Gasteiger partial charge in [0, 0.05) is 6.04 Å². The molecule has 1 amide bonds. The summed E-state index contributed by atoms with van der Waals surface area (Å²) in [5.74, 6) is -0.774. The van der Waals surface area contributed by atoms with E-state index >= 15 is 0 Å². The lowest BCUT2D eigenvalue weighted by molar-refractivity contribution is -0.130. The molecule has 0 radical (unpaired) electrons. The van der Waals surface area contributed by atoms with Crippen molar-refractivity contribution in [2.24, 2.45) is 0 Å². The minimum absolute atomic E-state index is 0.212. The minimum Gasteiger partial charge on any atom is -0.448 e. The quantitative estimate of drug-likeness (QED) is 0.835. The molecule has 1 fully saturated rings. The number of hydrogen-bond donors (Lipinski definition) is 2. The van der Waals surface area contributed by atoms with Gasteiger partial charge in [0.1, 0.15) is 4.88 Å². The Balaban J connectivity index is 1.84. The lowest BCUT2D eigenvalue weighted by atomic mass is 9.95. The Morgan fingerprint density at radius 3 is 2.70 bits per heavy atom. The van der Waals surface area contributed by atoms with E-state index in [4.69, 9.17) is 10.5 Å². The molecule has 0 saturated heterocycles. The summed E-state index contributed by atoms with van der Waals surface area (Å²) in [6, 6.07) is 1.86. The van der Waals surface area contributed by atoms with E-state index in [1.54, 1.807) is 18.4 Å². The highest BCUT2D eigenvalue weighted by Crippen LogP contribution is 2.21. The maximum Gasteiger partial charge on any atom is 0.351 e. The Bertz CT molecular complexity index is 481. The summed E-state index contributed by atoms with van der Waals surface area (Å²) in [5.41, 5.74) is 6.04. The Kier molecular flexibility index (Phi) is 5.00. The van der Waals surface area contributed by atoms with Gasteiger partial charge in [0.15, 0.2) is 6.10 Å². The summed E-state index contributed by atoms with van der Waals surface area (Å²) in [5, 5.41) is 4.66. The normalized spacial score (nSPS) is 17.4. The summed E-state index contributed by atoms with van der Waals surface area (Å²) in [7, 11) is 0. The number of hydrogen-bond acceptors (Lipinski definition) is 5. The average Bonchev–Trinajstić information content (AvgIpc) is 2.86. The molecule has 0 aliphatic heterocycles. The molecule has 5 nitrogen and oxygen atoms in total. The second-order valence-corrected chi connectivity index (χ2v) is 6.01. The number of carbonyl (C=O) groups is 2. The topological polar surface area (TPSA) is 81.4 Å². The maximum atomic E-state index is 12.0. The number of nitrogens with one attached hydrogen (secondary N) is 1. The van der Waals surface area contributed by atoms with E-state index in [0.717, 1.165) is 25.7 Å². The molecule has 1 aromatic rings. The van der Waals surface area contributed by atoms with E-state index in [1.165, 1.54) is 17.8 Å². The smallest absolute Gasteiger partial charge is 0.351 e. The fourth-order valence-electron chi connectivity index (χ4n) is 2.32. The molecule has 0 bridgehead atoms. The third-order valence-electron chi connectivity index (χ3n) is 3.49. The van der Waals surface area contributed by atoms with Gasteiger partial charge in [0.2, 0.25) is 0 Å². The Hall–Kier alpha value is -1.56. The highest BCUT2D eigenvalue weighted by atomic mass is 32.1. The largest absolute Gasteiger partial charge is 0.448 e. The van der Waals surface area contributed by atoms with Crippen molar-refractivity contribution in [2.75, 3.05) is 5.73 Å². The Morgan fingerprint density at radius 1 is 1.40 bits per heavy atom. The Labute approximate surface area is 122 Å². The number of nitrogens with two attached hydrogens (primary N) is 1. The lowest BCUT2D eigenvalue weighted by Gasteiger charge is -2.24. The van der Waals surface area contributed by atoms with Crippen LogP contribution in [0.25, 0.3) is 0 Å². The first-order chi connectivity index (χ1) is 9.58. The number of esters is 1. The van der Waals surface area contributed by atoms with E-state index in [-0.39, 0.29) is 11.9 Å². The van der Waals surface area contributed by atoms with Gasteiger partial charge in [-0.1, -0.05) is 19.3 Å². The highest BCUT2D eigenvalue weighted by Gasteiger charge is 2.23. The molecule has 1 aliphatic carbocycles. The van der Waals surface area contributed by atoms with E-state index in [1.807, 2.05) is 0 Å². The molecule has 1 heterocycles. The molecule has 6 heteroatoms. The van der Waals surface area contributed by atoms with Crippen LogP contribution < -0.4 is 11.1 Å². The van der Waals surface area contributed by atoms with Crippen LogP contribution in [0.2, 0.25) is 0 Å². The zero-order valence-electron chi connectivity index (χ0n) is 11.6. The predicted molar refractivity (Wildman–Crippen MR) is 78.6 cm³/mol. The molecule has 110 valence electrons. The summed E-state index contributed by atoms with van der Waals surface area (Å²) in [6.07, 6.45) is 4.73. The zero-order valence-corrected chi connectivity index (χ0v) is 12.4. The number of nitrogen functional groups attached to an aromatic ring is 1. The molecule has 1 aromatic heterocycles. The van der Waals surface area contributed by atoms with Crippen molar-refractivity contribution in [2.45, 2.75) is 51.2 Å². The van der Waals surface area contributed by atoms with Crippen LogP contribution in [0, 0.1) is 0 Å². The molecule has 1 unspecified atom stereocenters. The molecule has 1 aliphatic rings. The van der Waals surface area contributed by atoms with Crippen molar-refractivity contribution in [3.8, 4) is 0 Å². The summed E-state index contributed by atoms with van der Waals surface area (Å²) in [4.78, 5) is 24.2. The van der Waals surface area contributed by atoms with Crippen molar-refractivity contribution in [3.05, 3.63) is 16.3 Å². The number of rotatable bonds is 4. The van der Waals surface area contributed by atoms with E-state index < -0.39 is 12.1 Å². The van der Waals surface area contributed by atoms with Gasteiger partial charge in [0.05, 0.1) is 5.69 Å². The van der Waals surface area contributed by atoms with E-state index in [2.05, 4.69) is 5.32 Å². The van der Waals surface area contributed by atoms with Gasteiger partial charge in [-0.05, 0) is 31.2 Å². The van der Waals surface area contributed by atoms with Gasteiger partial charge >= 0.3 is 5.97 Å². The van der Waals surface area contributed by atoms with E-state index in [0.29, 0.717) is 10.6 Å². The average molecular weight is 296 g/mol. The molecular formula is C14H20N2O3S. The van der Waals surface area contributed by atoms with Crippen LogP contribution in [-0.4, -0.2) is 24.0 Å². The summed E-state index contributed by atoms with van der Waals surface area (Å²) in [6.45, 7) is 1.58. The molecule has 20 heavy (non-hydrogen) atoms. The van der Waals surface area contributed by atoms with Crippen molar-refractivity contribution in [1.29, 1.82) is 0 Å². The SMILES string of the molecule is CC(OC(=O)c1sccc1N)C(=O)NC1CCCCC1. The number of amides is 1. The van der Waals surface area contributed by atoms with Gasteiger partial charge in [-0.3, -0.25) is 4.79 Å². The number of anilines is 1. The zero-order chi connectivity index (χ0) is 14.5. The van der Waals surface area contributed by atoms with Crippen LogP contribution in [0.3, 0.4) is 0 Å². The Morgan fingerprint density at radius 2 is 2.10 bits per heavy atom. The lowest BCUT2D eigenvalue weighted by Crippen LogP contribution is -2.42. The molecule has 1 atom stereocenters. The third kappa shape index (κ3) is 3.72. The van der Waals surface area contributed by atoms with Crippen LogP contribution >= 0.6 is 11.3 Å². The molecular weight excluding hydrogens is 276 g/mol. The van der Waals surface area contributed by atoms with Gasteiger partial charge in [-0.25, -0.2) is 4.79 Å². The van der Waals surface area contributed by atoms with Crippen molar-refractivity contribution < 1.29 is 14.3 Å². The maximum absolute atomic E-state index is 12.0. The van der Waals surface area contributed by atoms with Gasteiger partial charge in [-0.15, -0.1) is 11.3 Å². The predicted octanol–water partition coefficient (Wildman–Crippen LogP) is 2.32. The van der Waals surface area contributed by atoms with Gasteiger partial charge in [-0.2, -0.15) is 0 Å². The first kappa shape index (κ1) is 14.8. The molecule has 1 saturated carbocycles. The second-order valence-electron chi connectivity index (χ2n) is 5.10. The van der Waals surface area contributed by atoms with Crippen LogP contribution in [0.5, 0.6) is 0 Å². The molecule has 0 spiro atoms. The third-order valence-corrected chi connectivity index (χ3v) is 4.40. The van der Waals surface area contributed by atoms with Crippen molar-refractivity contribution in [1.82, 2.24) is 5.32 Å². The molecule has 3 N–H and O–H groups in total. The monoisotopic (exact) mass is 296 g/mol. The fraction of sp³-hybridized carbons (Fsp3) is 0.571. The van der Waals surface area contributed by atoms with Gasteiger partial charge in [0.25, 0.3) is 5.91 Å². The summed E-state index contributed by atoms with van der Waals surface area (Å²) < 4.78 is 5.16. The first-order valence-corrected chi connectivity index (χ1v) is 7.80. The summed E-state index contributed by atoms with van der Waals surface area (Å²) >= 11 is 1.22. The van der Waals surface area contributed by atoms with Crippen LogP contribution in [-0.2, 0) is 9.53 Å². The number of thiophene rings is 1. The van der Waals surface area contributed by atoms with Crippen LogP contribution in [0.15, 0.2) is 11.4 Å². The highest BCUT2D eigenvalue weighted by molar-refractivity contribution is 7.12.